The van der Waals surface area contributed by atoms with Gasteiger partial charge in [0.2, 0.25) is 5.91 Å². The van der Waals surface area contributed by atoms with Crippen LogP contribution in [0.5, 0.6) is 0 Å². The predicted molar refractivity (Wildman–Crippen MR) is 115 cm³/mol. The second-order valence-corrected chi connectivity index (χ2v) is 8.47. The summed E-state index contributed by atoms with van der Waals surface area (Å²) in [6.07, 6.45) is 6.30. The molecule has 1 saturated carbocycles. The smallest absolute Gasteiger partial charge is 0.230 e. The maximum atomic E-state index is 13.3. The van der Waals surface area contributed by atoms with Gasteiger partial charge in [0.05, 0.1) is 5.75 Å². The van der Waals surface area contributed by atoms with E-state index >= 15 is 0 Å². The van der Waals surface area contributed by atoms with Crippen molar-refractivity contribution in [1.82, 2.24) is 15.5 Å². The molecule has 0 bridgehead atoms. The summed E-state index contributed by atoms with van der Waals surface area (Å²) in [4.78, 5) is 12.3. The van der Waals surface area contributed by atoms with E-state index in [0.29, 0.717) is 17.4 Å². The van der Waals surface area contributed by atoms with E-state index < -0.39 is 0 Å². The zero-order valence-corrected chi connectivity index (χ0v) is 17.1. The van der Waals surface area contributed by atoms with Crippen molar-refractivity contribution in [3.63, 3.8) is 0 Å². The van der Waals surface area contributed by atoms with Crippen LogP contribution in [0.2, 0.25) is 0 Å². The van der Waals surface area contributed by atoms with Crippen molar-refractivity contribution in [1.29, 1.82) is 0 Å². The molecule has 0 saturated heterocycles. The summed E-state index contributed by atoms with van der Waals surface area (Å²) >= 11 is 1.41. The maximum absolute atomic E-state index is 13.3. The summed E-state index contributed by atoms with van der Waals surface area (Å²) in [7, 11) is 0. The van der Waals surface area contributed by atoms with E-state index in [2.05, 4.69) is 15.5 Å². The van der Waals surface area contributed by atoms with Crippen LogP contribution >= 0.6 is 11.8 Å². The van der Waals surface area contributed by atoms with Crippen molar-refractivity contribution in [3.05, 3.63) is 54.3 Å². The molecule has 1 aliphatic carbocycles. The van der Waals surface area contributed by atoms with E-state index in [-0.39, 0.29) is 11.7 Å². The molecule has 4 nitrogen and oxygen atoms in total. The average molecular weight is 410 g/mol. The number of hydrogen-bond acceptors (Lipinski definition) is 4. The fourth-order valence-corrected chi connectivity index (χ4v) is 4.64. The molecule has 1 amide bonds. The SMILES string of the molecule is O=C(CSc1nnc(-c2ccc(F)cc2)c2ccccc12)NCC1CCCCC1. The molecule has 3 aromatic rings. The van der Waals surface area contributed by atoms with Crippen molar-refractivity contribution < 1.29 is 9.18 Å². The van der Waals surface area contributed by atoms with Crippen LogP contribution in [0, 0.1) is 11.7 Å². The molecule has 1 aliphatic rings. The van der Waals surface area contributed by atoms with Crippen LogP contribution in [0.15, 0.2) is 53.6 Å². The molecule has 0 atom stereocenters. The quantitative estimate of drug-likeness (QED) is 0.567. The van der Waals surface area contributed by atoms with Crippen molar-refractivity contribution in [2.75, 3.05) is 12.3 Å². The van der Waals surface area contributed by atoms with Gasteiger partial charge < -0.3 is 5.32 Å². The number of nitrogens with zero attached hydrogens (tertiary/aromatic N) is 2. The molecule has 1 heterocycles. The van der Waals surface area contributed by atoms with Gasteiger partial charge in [-0.2, -0.15) is 0 Å². The van der Waals surface area contributed by atoms with Gasteiger partial charge in [0, 0.05) is 22.9 Å². The van der Waals surface area contributed by atoms with Crippen molar-refractivity contribution in [2.45, 2.75) is 37.1 Å². The molecular weight excluding hydrogens is 385 g/mol. The van der Waals surface area contributed by atoms with Crippen molar-refractivity contribution in [2.24, 2.45) is 5.92 Å². The minimum absolute atomic E-state index is 0.0362. The normalized spacial score (nSPS) is 14.8. The van der Waals surface area contributed by atoms with Gasteiger partial charge in [0.1, 0.15) is 16.5 Å². The molecule has 0 spiro atoms. The molecule has 1 aromatic heterocycles. The Morgan fingerprint density at radius 2 is 1.72 bits per heavy atom. The fourth-order valence-electron chi connectivity index (χ4n) is 3.84. The number of halogens is 1. The maximum Gasteiger partial charge on any atom is 0.230 e. The van der Waals surface area contributed by atoms with Gasteiger partial charge in [0.25, 0.3) is 0 Å². The number of rotatable bonds is 6. The Kier molecular flexibility index (Phi) is 6.39. The largest absolute Gasteiger partial charge is 0.355 e. The Morgan fingerprint density at radius 1 is 1.00 bits per heavy atom. The third-order valence-corrected chi connectivity index (χ3v) is 6.41. The van der Waals surface area contributed by atoms with Gasteiger partial charge >= 0.3 is 0 Å². The highest BCUT2D eigenvalue weighted by Gasteiger charge is 2.16. The number of carbonyl (C=O) groups is 1. The highest BCUT2D eigenvalue weighted by molar-refractivity contribution is 8.00. The van der Waals surface area contributed by atoms with Crippen LogP contribution in [-0.2, 0) is 4.79 Å². The molecule has 1 fully saturated rings. The number of fused-ring (bicyclic) bond motifs is 1. The summed E-state index contributed by atoms with van der Waals surface area (Å²) in [5, 5.41) is 14.4. The summed E-state index contributed by atoms with van der Waals surface area (Å²) in [6, 6.07) is 14.1. The minimum Gasteiger partial charge on any atom is -0.355 e. The van der Waals surface area contributed by atoms with Gasteiger partial charge in [-0.15, -0.1) is 10.2 Å². The van der Waals surface area contributed by atoms with Gasteiger partial charge in [-0.1, -0.05) is 55.3 Å². The van der Waals surface area contributed by atoms with Gasteiger partial charge in [-0.25, -0.2) is 4.39 Å². The van der Waals surface area contributed by atoms with E-state index in [1.807, 2.05) is 24.3 Å². The Balaban J connectivity index is 1.46. The number of aromatic nitrogens is 2. The van der Waals surface area contributed by atoms with Crippen LogP contribution in [0.25, 0.3) is 22.0 Å². The molecule has 150 valence electrons. The first-order chi connectivity index (χ1) is 14.2. The lowest BCUT2D eigenvalue weighted by Gasteiger charge is -2.21. The summed E-state index contributed by atoms with van der Waals surface area (Å²) in [5.74, 6) is 0.696. The van der Waals surface area contributed by atoms with Crippen LogP contribution < -0.4 is 5.32 Å². The second kappa shape index (κ2) is 9.35. The van der Waals surface area contributed by atoms with E-state index in [1.54, 1.807) is 12.1 Å². The topological polar surface area (TPSA) is 54.9 Å². The average Bonchev–Trinajstić information content (AvgIpc) is 2.77. The second-order valence-electron chi connectivity index (χ2n) is 7.50. The molecule has 29 heavy (non-hydrogen) atoms. The van der Waals surface area contributed by atoms with Crippen LogP contribution in [0.4, 0.5) is 4.39 Å². The molecule has 1 N–H and O–H groups in total. The summed E-state index contributed by atoms with van der Waals surface area (Å²) in [6.45, 7) is 0.773. The first-order valence-corrected chi connectivity index (χ1v) is 11.1. The fraction of sp³-hybridized carbons (Fsp3) is 0.348. The number of thioether (sulfide) groups is 1. The Bertz CT molecular complexity index is 987. The Labute approximate surface area is 174 Å². The molecule has 0 radical (unpaired) electrons. The van der Waals surface area contributed by atoms with E-state index in [0.717, 1.165) is 27.9 Å². The van der Waals surface area contributed by atoms with E-state index in [4.69, 9.17) is 0 Å². The van der Waals surface area contributed by atoms with Crippen LogP contribution in [0.1, 0.15) is 32.1 Å². The third-order valence-electron chi connectivity index (χ3n) is 5.42. The predicted octanol–water partition coefficient (Wildman–Crippen LogP) is 5.22. The third kappa shape index (κ3) is 4.93. The summed E-state index contributed by atoms with van der Waals surface area (Å²) < 4.78 is 13.3. The Morgan fingerprint density at radius 3 is 2.48 bits per heavy atom. The summed E-state index contributed by atoms with van der Waals surface area (Å²) in [5.41, 5.74) is 1.53. The Hall–Kier alpha value is -2.47. The zero-order chi connectivity index (χ0) is 20.1. The number of benzene rings is 2. The van der Waals surface area contributed by atoms with Crippen molar-refractivity contribution >= 4 is 28.4 Å². The first kappa shape index (κ1) is 19.8. The molecule has 2 aromatic carbocycles. The molecule has 4 rings (SSSR count). The minimum atomic E-state index is -0.280. The monoisotopic (exact) mass is 409 g/mol. The highest BCUT2D eigenvalue weighted by atomic mass is 32.2. The van der Waals surface area contributed by atoms with Crippen LogP contribution in [-0.4, -0.2) is 28.4 Å². The number of nitrogens with one attached hydrogen (secondary N) is 1. The van der Waals surface area contributed by atoms with E-state index in [1.165, 1.54) is 56.0 Å². The number of hydrogen-bond donors (Lipinski definition) is 1. The van der Waals surface area contributed by atoms with Gasteiger partial charge in [-0.3, -0.25) is 4.79 Å². The highest BCUT2D eigenvalue weighted by Crippen LogP contribution is 2.31. The molecule has 0 aliphatic heterocycles. The van der Waals surface area contributed by atoms with Crippen molar-refractivity contribution in [3.8, 4) is 11.3 Å². The standard InChI is InChI=1S/C23H24FN3OS/c24-18-12-10-17(11-13-18)22-19-8-4-5-9-20(19)23(27-26-22)29-15-21(28)25-14-16-6-2-1-3-7-16/h4-5,8-13,16H,1-3,6-7,14-15H2,(H,25,28). The number of amides is 1. The van der Waals surface area contributed by atoms with Gasteiger partial charge in [0.15, 0.2) is 0 Å². The molecular formula is C23H24FN3OS. The lowest BCUT2D eigenvalue weighted by Crippen LogP contribution is -2.31. The molecule has 0 unspecified atom stereocenters. The zero-order valence-electron chi connectivity index (χ0n) is 16.2. The molecule has 6 heteroatoms. The lowest BCUT2D eigenvalue weighted by atomic mass is 9.89. The van der Waals surface area contributed by atoms with Crippen LogP contribution in [0.3, 0.4) is 0 Å². The lowest BCUT2D eigenvalue weighted by molar-refractivity contribution is -0.118. The van der Waals surface area contributed by atoms with Gasteiger partial charge in [-0.05, 0) is 43.0 Å². The number of carbonyl (C=O) groups excluding carboxylic acids is 1. The van der Waals surface area contributed by atoms with E-state index in [9.17, 15) is 9.18 Å². The first-order valence-electron chi connectivity index (χ1n) is 10.1.